The summed E-state index contributed by atoms with van der Waals surface area (Å²) in [4.78, 5) is 36.8. The van der Waals surface area contributed by atoms with Gasteiger partial charge in [-0.15, -0.1) is 0 Å². The predicted molar refractivity (Wildman–Crippen MR) is 120 cm³/mol. The van der Waals surface area contributed by atoms with Crippen molar-refractivity contribution < 1.29 is 14.1 Å². The lowest BCUT2D eigenvalue weighted by molar-refractivity contribution is -0.387. The molecule has 1 saturated heterocycles. The highest BCUT2D eigenvalue weighted by Crippen LogP contribution is 2.28. The van der Waals surface area contributed by atoms with Gasteiger partial charge in [0, 0.05) is 61.7 Å². The van der Waals surface area contributed by atoms with Gasteiger partial charge in [0.1, 0.15) is 11.3 Å². The van der Waals surface area contributed by atoms with Crippen LogP contribution < -0.4 is 5.56 Å². The maximum absolute atomic E-state index is 14.2. The van der Waals surface area contributed by atoms with Gasteiger partial charge in [0.15, 0.2) is 0 Å². The fraction of sp³-hybridized carbons (Fsp3) is 0.318. The summed E-state index contributed by atoms with van der Waals surface area (Å²) >= 11 is 0. The molecule has 0 amide bonds. The fourth-order valence-corrected chi connectivity index (χ4v) is 4.19. The van der Waals surface area contributed by atoms with Crippen molar-refractivity contribution in [2.24, 2.45) is 0 Å². The van der Waals surface area contributed by atoms with Crippen molar-refractivity contribution in [1.29, 1.82) is 0 Å². The fourth-order valence-electron chi connectivity index (χ4n) is 4.19. The van der Waals surface area contributed by atoms with Gasteiger partial charge in [0.2, 0.25) is 5.82 Å². The molecule has 10 nitrogen and oxygen atoms in total. The quantitative estimate of drug-likeness (QED) is 0.353. The van der Waals surface area contributed by atoms with E-state index >= 15 is 0 Å². The van der Waals surface area contributed by atoms with Gasteiger partial charge in [-0.2, -0.15) is 4.39 Å². The number of nitro groups is 1. The highest BCUT2D eigenvalue weighted by Gasteiger charge is 2.20. The first kappa shape index (κ1) is 21.2. The molecule has 0 spiro atoms. The van der Waals surface area contributed by atoms with E-state index in [0.717, 1.165) is 62.4 Å². The second kappa shape index (κ2) is 8.68. The minimum atomic E-state index is -1.01. The summed E-state index contributed by atoms with van der Waals surface area (Å²) in [5.41, 5.74) is 0.417. The molecule has 0 bridgehead atoms. The van der Waals surface area contributed by atoms with Crippen LogP contribution in [0, 0.1) is 15.9 Å². The van der Waals surface area contributed by atoms with E-state index in [4.69, 9.17) is 4.74 Å². The van der Waals surface area contributed by atoms with Crippen molar-refractivity contribution >= 4 is 27.8 Å². The number of halogens is 1. The molecule has 0 atom stereocenters. The summed E-state index contributed by atoms with van der Waals surface area (Å²) in [5.74, 6) is -1.01. The molecule has 5 rings (SSSR count). The molecule has 1 aliphatic heterocycles. The summed E-state index contributed by atoms with van der Waals surface area (Å²) < 4.78 is 21.5. The molecule has 3 aromatic heterocycles. The minimum Gasteiger partial charge on any atom is -0.379 e. The zero-order chi connectivity index (χ0) is 22.9. The Morgan fingerprint density at radius 2 is 2.06 bits per heavy atom. The molecule has 4 aromatic rings. The Balaban J connectivity index is 1.51. The highest BCUT2D eigenvalue weighted by molar-refractivity contribution is 5.94. The van der Waals surface area contributed by atoms with E-state index in [0.29, 0.717) is 12.1 Å². The molecular weight excluding hydrogens is 431 g/mol. The van der Waals surface area contributed by atoms with Crippen LogP contribution >= 0.6 is 0 Å². The average Bonchev–Trinajstić information content (AvgIpc) is 3.17. The Labute approximate surface area is 186 Å². The minimum absolute atomic E-state index is 0.101. The number of morpholine rings is 1. The summed E-state index contributed by atoms with van der Waals surface area (Å²) in [7, 11) is 0. The molecule has 0 aliphatic carbocycles. The first-order valence-corrected chi connectivity index (χ1v) is 10.6. The SMILES string of the molecule is O=c1[nH]c2cc([N+](=O)[O-])c(F)cc2nc1-c1cn(CCCN2CCOCC2)c2ncccc12. The summed E-state index contributed by atoms with van der Waals surface area (Å²) in [6, 6.07) is 5.59. The monoisotopic (exact) mass is 452 g/mol. The molecular formula is C22H21FN6O4. The Morgan fingerprint density at radius 3 is 2.85 bits per heavy atom. The number of hydrogen-bond donors (Lipinski definition) is 1. The molecule has 4 heterocycles. The number of nitrogens with one attached hydrogen (secondary N) is 1. The molecule has 0 radical (unpaired) electrons. The lowest BCUT2D eigenvalue weighted by Gasteiger charge is -2.26. The normalized spacial score (nSPS) is 14.8. The van der Waals surface area contributed by atoms with Crippen molar-refractivity contribution in [3.05, 3.63) is 62.9 Å². The van der Waals surface area contributed by atoms with Gasteiger partial charge >= 0.3 is 5.69 Å². The van der Waals surface area contributed by atoms with E-state index in [1.165, 1.54) is 0 Å². The maximum Gasteiger partial charge on any atom is 0.307 e. The first-order valence-electron chi connectivity index (χ1n) is 10.6. The van der Waals surface area contributed by atoms with E-state index in [1.807, 2.05) is 16.8 Å². The Bertz CT molecular complexity index is 1410. The van der Waals surface area contributed by atoms with Gasteiger partial charge in [0.05, 0.1) is 29.2 Å². The number of nitro benzene ring substituents is 1. The van der Waals surface area contributed by atoms with E-state index in [1.54, 1.807) is 12.3 Å². The molecule has 0 saturated carbocycles. The zero-order valence-electron chi connectivity index (χ0n) is 17.7. The molecule has 11 heteroatoms. The number of ether oxygens (including phenoxy) is 1. The number of hydrogen-bond acceptors (Lipinski definition) is 7. The third-order valence-corrected chi connectivity index (χ3v) is 5.82. The number of aryl methyl sites for hydroxylation is 1. The standard InChI is InChI=1S/C22H21FN6O4/c23-16-11-17-18(12-19(16)29(31)32)26-22(30)20(25-17)15-13-28(21-14(15)3-1-4-24-21)6-2-5-27-7-9-33-10-8-27/h1,3-4,11-13H,2,5-10H2,(H,26,30). The van der Waals surface area contributed by atoms with Crippen LogP contribution in [0.1, 0.15) is 6.42 Å². The van der Waals surface area contributed by atoms with Crippen molar-refractivity contribution in [3.8, 4) is 11.3 Å². The van der Waals surface area contributed by atoms with Crippen molar-refractivity contribution in [2.45, 2.75) is 13.0 Å². The number of H-pyrrole nitrogens is 1. The molecule has 1 aliphatic rings. The average molecular weight is 452 g/mol. The molecule has 1 N–H and O–H groups in total. The Hall–Kier alpha value is -3.70. The van der Waals surface area contributed by atoms with E-state index in [2.05, 4.69) is 19.9 Å². The zero-order valence-corrected chi connectivity index (χ0v) is 17.7. The topological polar surface area (TPSA) is 119 Å². The summed E-state index contributed by atoms with van der Waals surface area (Å²) in [6.45, 7) is 4.97. The van der Waals surface area contributed by atoms with E-state index in [-0.39, 0.29) is 16.7 Å². The van der Waals surface area contributed by atoms with Crippen LogP contribution in [-0.4, -0.2) is 62.2 Å². The van der Waals surface area contributed by atoms with Crippen LogP contribution in [0.15, 0.2) is 41.5 Å². The number of rotatable bonds is 6. The van der Waals surface area contributed by atoms with E-state index in [9.17, 15) is 19.3 Å². The van der Waals surface area contributed by atoms with Gasteiger partial charge in [-0.25, -0.2) is 9.97 Å². The number of aromatic nitrogens is 4. The smallest absolute Gasteiger partial charge is 0.307 e. The highest BCUT2D eigenvalue weighted by atomic mass is 19.1. The van der Waals surface area contributed by atoms with Crippen LogP contribution in [0.3, 0.4) is 0 Å². The number of aromatic amines is 1. The van der Waals surface area contributed by atoms with Crippen LogP contribution in [0.25, 0.3) is 33.3 Å². The third-order valence-electron chi connectivity index (χ3n) is 5.82. The predicted octanol–water partition coefficient (Wildman–Crippen LogP) is 2.71. The molecule has 0 unspecified atom stereocenters. The Morgan fingerprint density at radius 1 is 1.24 bits per heavy atom. The molecule has 170 valence electrons. The lowest BCUT2D eigenvalue weighted by atomic mass is 10.1. The van der Waals surface area contributed by atoms with Crippen molar-refractivity contribution in [3.63, 3.8) is 0 Å². The van der Waals surface area contributed by atoms with E-state index < -0.39 is 22.0 Å². The number of benzene rings is 1. The van der Waals surface area contributed by atoms with Crippen LogP contribution in [0.5, 0.6) is 0 Å². The number of nitrogens with zero attached hydrogens (tertiary/aromatic N) is 5. The Kier molecular flexibility index (Phi) is 5.56. The van der Waals surface area contributed by atoms with Gasteiger partial charge in [-0.05, 0) is 18.6 Å². The maximum atomic E-state index is 14.2. The second-order valence-electron chi connectivity index (χ2n) is 7.91. The number of pyridine rings is 1. The molecule has 1 fully saturated rings. The van der Waals surface area contributed by atoms with Crippen molar-refractivity contribution in [1.82, 2.24) is 24.4 Å². The lowest BCUT2D eigenvalue weighted by Crippen LogP contribution is -2.37. The van der Waals surface area contributed by atoms with Gasteiger partial charge in [-0.1, -0.05) is 0 Å². The van der Waals surface area contributed by atoms with Crippen molar-refractivity contribution in [2.75, 3.05) is 32.8 Å². The van der Waals surface area contributed by atoms with Gasteiger partial charge in [-0.3, -0.25) is 19.8 Å². The van der Waals surface area contributed by atoms with Gasteiger partial charge < -0.3 is 14.3 Å². The molecule has 1 aromatic carbocycles. The largest absolute Gasteiger partial charge is 0.379 e. The molecule has 33 heavy (non-hydrogen) atoms. The van der Waals surface area contributed by atoms with Crippen LogP contribution in [0.4, 0.5) is 10.1 Å². The second-order valence-corrected chi connectivity index (χ2v) is 7.91. The van der Waals surface area contributed by atoms with Gasteiger partial charge in [0.25, 0.3) is 5.56 Å². The summed E-state index contributed by atoms with van der Waals surface area (Å²) in [5, 5.41) is 11.8. The first-order chi connectivity index (χ1) is 16.0. The third kappa shape index (κ3) is 4.08. The van der Waals surface area contributed by atoms with Crippen LogP contribution in [-0.2, 0) is 11.3 Å². The van der Waals surface area contributed by atoms with Crippen LogP contribution in [0.2, 0.25) is 0 Å². The number of fused-ring (bicyclic) bond motifs is 2. The summed E-state index contributed by atoms with van der Waals surface area (Å²) in [6.07, 6.45) is 4.43.